The Morgan fingerprint density at radius 3 is 2.18 bits per heavy atom. The number of anilines is 1. The van der Waals surface area contributed by atoms with Crippen molar-refractivity contribution in [1.29, 1.82) is 0 Å². The Kier molecular flexibility index (Phi) is 6.49. The molecule has 0 aliphatic heterocycles. The maximum Gasteiger partial charge on any atom is 0.476 e. The van der Waals surface area contributed by atoms with Crippen LogP contribution in [-0.4, -0.2) is 48.3 Å². The second-order valence-corrected chi connectivity index (χ2v) is 8.52. The number of ether oxygens (including phenoxy) is 1. The van der Waals surface area contributed by atoms with E-state index >= 15 is 0 Å². The average molecular weight is 388 g/mol. The second kappa shape index (κ2) is 8.53. The number of carbonyl (C=O) groups excluding carboxylic acids is 1. The molecule has 0 radical (unpaired) electrons. The first-order valence-corrected chi connectivity index (χ1v) is 10.4. The first-order valence-electron chi connectivity index (χ1n) is 10.4. The minimum absolute atomic E-state index is 0.0839. The largest absolute Gasteiger partial charge is 0.476 e. The molecule has 3 fully saturated rings. The third-order valence-electron chi connectivity index (χ3n) is 7.09. The predicted molar refractivity (Wildman–Crippen MR) is 111 cm³/mol. The summed E-state index contributed by atoms with van der Waals surface area (Å²) in [5, 5.41) is 19.6. The summed E-state index contributed by atoms with van der Waals surface area (Å²) in [7, 11) is 0.229. The number of rotatable bonds is 8. The van der Waals surface area contributed by atoms with Crippen molar-refractivity contribution in [3.8, 4) is 0 Å². The van der Waals surface area contributed by atoms with Crippen LogP contribution >= 0.6 is 0 Å². The lowest BCUT2D eigenvalue weighted by atomic mass is 9.56. The quantitative estimate of drug-likeness (QED) is 0.593. The number of hydrogen-bond acceptors (Lipinski definition) is 5. The molecule has 0 saturated heterocycles. The maximum atomic E-state index is 12.3. The number of fused-ring (bicyclic) bond motifs is 3. The van der Waals surface area contributed by atoms with Crippen LogP contribution in [0.3, 0.4) is 0 Å². The highest BCUT2D eigenvalue weighted by Crippen LogP contribution is 2.54. The summed E-state index contributed by atoms with van der Waals surface area (Å²) in [4.78, 5) is 13.8. The predicted octanol–water partition coefficient (Wildman–Crippen LogP) is 2.15. The third-order valence-corrected chi connectivity index (χ3v) is 7.09. The Hall–Kier alpha value is -1.41. The van der Waals surface area contributed by atoms with Crippen LogP contribution in [0.1, 0.15) is 63.9 Å². The molecular weight excluding hydrogens is 355 g/mol. The highest BCUT2D eigenvalue weighted by atomic mass is 16.5. The van der Waals surface area contributed by atoms with Gasteiger partial charge in [-0.2, -0.15) is 0 Å². The van der Waals surface area contributed by atoms with Gasteiger partial charge in [0.25, 0.3) is 0 Å². The Morgan fingerprint density at radius 1 is 1.18 bits per heavy atom. The molecule has 28 heavy (non-hydrogen) atoms. The summed E-state index contributed by atoms with van der Waals surface area (Å²) < 4.78 is 5.80. The number of carbonyl (C=O) groups is 1. The molecular formula is C21H33BN2O4. The zero-order chi connectivity index (χ0) is 20.4. The monoisotopic (exact) mass is 388 g/mol. The summed E-state index contributed by atoms with van der Waals surface area (Å²) in [6.07, 6.45) is 7.75. The van der Waals surface area contributed by atoms with Gasteiger partial charge in [0.1, 0.15) is 0 Å². The van der Waals surface area contributed by atoms with Gasteiger partial charge in [0, 0.05) is 19.7 Å². The number of methoxy groups -OCH3 is 1. The summed E-state index contributed by atoms with van der Waals surface area (Å²) in [6, 6.07) is 8.10. The fraction of sp³-hybridized carbons (Fsp3) is 0.667. The molecule has 154 valence electrons. The Balaban J connectivity index is 1.81. The maximum absolute atomic E-state index is 12.3. The lowest BCUT2D eigenvalue weighted by molar-refractivity contribution is -0.116. The highest BCUT2D eigenvalue weighted by Gasteiger charge is 2.49. The van der Waals surface area contributed by atoms with Gasteiger partial charge in [-0.3, -0.25) is 4.79 Å². The zero-order valence-corrected chi connectivity index (χ0v) is 17.1. The molecule has 0 spiro atoms. The van der Waals surface area contributed by atoms with E-state index in [9.17, 15) is 14.8 Å². The fourth-order valence-corrected chi connectivity index (χ4v) is 5.21. The smallest absolute Gasteiger partial charge is 0.426 e. The standard InChI is InChI=1S/C21H33BN2O4/c1-16(25)24(19(22(26)27)4-3-15-23)18-7-5-17(6-8-18)20-9-12-21(28-2,13-10-20)14-11-20/h5-8,19,26-27H,3-4,9-15,23H2,1-2H3/t19-,20?,21?/m0/s1. The lowest BCUT2D eigenvalue weighted by Gasteiger charge is -2.53. The van der Waals surface area contributed by atoms with E-state index in [4.69, 9.17) is 10.5 Å². The Bertz CT molecular complexity index is 655. The van der Waals surface area contributed by atoms with E-state index in [1.165, 1.54) is 17.4 Å². The SMILES string of the molecule is COC12CCC(c3ccc(N(C(C)=O)[C@@H](CCCN)B(O)O)cc3)(CC1)CC2. The van der Waals surface area contributed by atoms with Crippen molar-refractivity contribution in [3.05, 3.63) is 29.8 Å². The molecule has 0 unspecified atom stereocenters. The van der Waals surface area contributed by atoms with Gasteiger partial charge in [-0.25, -0.2) is 0 Å². The molecule has 4 N–H and O–H groups in total. The average Bonchev–Trinajstić information content (AvgIpc) is 2.72. The van der Waals surface area contributed by atoms with Crippen molar-refractivity contribution < 1.29 is 19.6 Å². The van der Waals surface area contributed by atoms with Crippen molar-refractivity contribution in [3.63, 3.8) is 0 Å². The van der Waals surface area contributed by atoms with Gasteiger partial charge in [-0.1, -0.05) is 12.1 Å². The molecule has 0 aromatic heterocycles. The van der Waals surface area contributed by atoms with E-state index in [-0.39, 0.29) is 16.9 Å². The van der Waals surface area contributed by atoms with Crippen LogP contribution in [0.4, 0.5) is 5.69 Å². The highest BCUT2D eigenvalue weighted by molar-refractivity contribution is 6.45. The van der Waals surface area contributed by atoms with Crippen molar-refractivity contribution >= 4 is 18.7 Å². The number of hydrogen-bond donors (Lipinski definition) is 3. The molecule has 1 amide bonds. The van der Waals surface area contributed by atoms with Crippen LogP contribution in [0.5, 0.6) is 0 Å². The van der Waals surface area contributed by atoms with E-state index in [1.807, 2.05) is 19.2 Å². The summed E-state index contributed by atoms with van der Waals surface area (Å²) in [6.45, 7) is 1.90. The molecule has 1 aromatic rings. The van der Waals surface area contributed by atoms with Crippen molar-refractivity contribution in [2.75, 3.05) is 18.6 Å². The van der Waals surface area contributed by atoms with Crippen LogP contribution in [0, 0.1) is 0 Å². The van der Waals surface area contributed by atoms with Gasteiger partial charge < -0.3 is 25.4 Å². The van der Waals surface area contributed by atoms with E-state index in [1.54, 1.807) is 0 Å². The molecule has 7 heteroatoms. The molecule has 3 aliphatic carbocycles. The van der Waals surface area contributed by atoms with E-state index < -0.39 is 13.1 Å². The van der Waals surface area contributed by atoms with Crippen LogP contribution in [0.15, 0.2) is 24.3 Å². The van der Waals surface area contributed by atoms with Gasteiger partial charge in [0.15, 0.2) is 0 Å². The van der Waals surface area contributed by atoms with Gasteiger partial charge >= 0.3 is 7.12 Å². The Morgan fingerprint density at radius 2 is 1.75 bits per heavy atom. The number of nitrogens with zero attached hydrogens (tertiary/aromatic N) is 1. The summed E-state index contributed by atoms with van der Waals surface area (Å²) in [5.41, 5.74) is 7.87. The summed E-state index contributed by atoms with van der Waals surface area (Å²) in [5.74, 6) is -0.905. The molecule has 4 rings (SSSR count). The van der Waals surface area contributed by atoms with Crippen molar-refractivity contribution in [2.24, 2.45) is 5.73 Å². The number of amides is 1. The van der Waals surface area contributed by atoms with Crippen LogP contribution < -0.4 is 10.6 Å². The molecule has 2 bridgehead atoms. The van der Waals surface area contributed by atoms with Crippen LogP contribution in [-0.2, 0) is 14.9 Å². The minimum atomic E-state index is -1.60. The fourth-order valence-electron chi connectivity index (χ4n) is 5.21. The normalized spacial score (nSPS) is 27.5. The van der Waals surface area contributed by atoms with Gasteiger partial charge in [0.05, 0.1) is 11.5 Å². The first-order chi connectivity index (χ1) is 13.4. The van der Waals surface area contributed by atoms with Crippen molar-refractivity contribution in [2.45, 2.75) is 75.2 Å². The van der Waals surface area contributed by atoms with Gasteiger partial charge in [-0.05, 0) is 81.0 Å². The van der Waals surface area contributed by atoms with Crippen LogP contribution in [0.2, 0.25) is 0 Å². The zero-order valence-electron chi connectivity index (χ0n) is 17.1. The molecule has 1 atom stereocenters. The first kappa shape index (κ1) is 21.3. The number of nitrogens with two attached hydrogens (primary N) is 1. The molecule has 1 aromatic carbocycles. The topological polar surface area (TPSA) is 96.0 Å². The number of benzene rings is 1. The second-order valence-electron chi connectivity index (χ2n) is 8.52. The molecule has 3 aliphatic rings. The van der Waals surface area contributed by atoms with Gasteiger partial charge in [-0.15, -0.1) is 0 Å². The lowest BCUT2D eigenvalue weighted by Crippen LogP contribution is -2.50. The molecule has 0 heterocycles. The van der Waals surface area contributed by atoms with Crippen molar-refractivity contribution in [1.82, 2.24) is 0 Å². The molecule has 6 nitrogen and oxygen atoms in total. The summed E-state index contributed by atoms with van der Waals surface area (Å²) >= 11 is 0. The van der Waals surface area contributed by atoms with E-state index in [2.05, 4.69) is 12.1 Å². The molecule has 3 saturated carbocycles. The Labute approximate surface area is 168 Å². The van der Waals surface area contributed by atoms with Gasteiger partial charge in [0.2, 0.25) is 5.91 Å². The van der Waals surface area contributed by atoms with Crippen LogP contribution in [0.25, 0.3) is 0 Å². The third kappa shape index (κ3) is 3.99. The minimum Gasteiger partial charge on any atom is -0.426 e. The van der Waals surface area contributed by atoms with E-state index in [0.717, 1.165) is 38.5 Å². The van der Waals surface area contributed by atoms with E-state index in [0.29, 0.717) is 25.1 Å².